The number of hydrogen-bond acceptors (Lipinski definition) is 0. The Kier molecular flexibility index (Phi) is 5.99. The lowest BCUT2D eigenvalue weighted by Crippen LogP contribution is -2.29. The van der Waals surface area contributed by atoms with Gasteiger partial charge >= 0.3 is 0 Å². The summed E-state index contributed by atoms with van der Waals surface area (Å²) in [6.07, 6.45) is 10.8. The molecule has 0 heterocycles. The highest BCUT2D eigenvalue weighted by Gasteiger charge is 2.37. The van der Waals surface area contributed by atoms with Crippen LogP contribution in [0.5, 0.6) is 0 Å². The molecule has 0 bridgehead atoms. The number of halogens is 5. The first-order valence-corrected chi connectivity index (χ1v) is 10.7. The van der Waals surface area contributed by atoms with Gasteiger partial charge in [-0.3, -0.25) is 0 Å². The molecule has 0 N–H and O–H groups in total. The van der Waals surface area contributed by atoms with Crippen molar-refractivity contribution in [3.63, 3.8) is 0 Å². The van der Waals surface area contributed by atoms with Gasteiger partial charge in [-0.2, -0.15) is 0 Å². The summed E-state index contributed by atoms with van der Waals surface area (Å²) in [5.74, 6) is -5.03. The predicted octanol–water partition coefficient (Wildman–Crippen LogP) is 7.85. The molecule has 1 saturated carbocycles. The largest absolute Gasteiger partial charge is 0.206 e. The molecular formula is C25H25F5. The molecule has 30 heavy (non-hydrogen) atoms. The van der Waals surface area contributed by atoms with E-state index in [1.807, 2.05) is 6.92 Å². The lowest BCUT2D eigenvalue weighted by atomic mass is 9.64. The highest BCUT2D eigenvalue weighted by Crippen LogP contribution is 2.49. The molecule has 1 fully saturated rings. The van der Waals surface area contributed by atoms with Gasteiger partial charge in [-0.1, -0.05) is 12.2 Å². The van der Waals surface area contributed by atoms with E-state index >= 15 is 4.39 Å². The summed E-state index contributed by atoms with van der Waals surface area (Å²) in [4.78, 5) is 0. The third-order valence-electron chi connectivity index (χ3n) is 6.86. The van der Waals surface area contributed by atoms with E-state index < -0.39 is 34.6 Å². The smallest absolute Gasteiger partial charge is 0.194 e. The minimum absolute atomic E-state index is 0.117. The second kappa shape index (κ2) is 8.52. The van der Waals surface area contributed by atoms with Crippen LogP contribution in [0.1, 0.15) is 62.5 Å². The Morgan fingerprint density at radius 2 is 1.63 bits per heavy atom. The molecule has 2 aromatic carbocycles. The molecular weight excluding hydrogens is 395 g/mol. The van der Waals surface area contributed by atoms with E-state index in [1.54, 1.807) is 0 Å². The second-order valence-electron chi connectivity index (χ2n) is 8.60. The number of allylic oxidation sites excluding steroid dienone is 2. The average molecular weight is 420 g/mol. The molecule has 0 nitrogen and oxygen atoms in total. The number of hydrogen-bond donors (Lipinski definition) is 0. The molecule has 4 rings (SSSR count). The fourth-order valence-corrected chi connectivity index (χ4v) is 5.41. The van der Waals surface area contributed by atoms with Gasteiger partial charge in [0.2, 0.25) is 0 Å². The van der Waals surface area contributed by atoms with Crippen LogP contribution < -0.4 is 0 Å². The van der Waals surface area contributed by atoms with Crippen LogP contribution in [0, 0.1) is 40.9 Å². The average Bonchev–Trinajstić information content (AvgIpc) is 2.72. The maximum absolute atomic E-state index is 15.3. The van der Waals surface area contributed by atoms with E-state index in [-0.39, 0.29) is 11.5 Å². The quantitative estimate of drug-likeness (QED) is 0.268. The van der Waals surface area contributed by atoms with Crippen molar-refractivity contribution in [2.75, 3.05) is 0 Å². The Hall–Kier alpha value is -2.17. The Morgan fingerprint density at radius 3 is 2.33 bits per heavy atom. The molecule has 0 radical (unpaired) electrons. The molecule has 2 aliphatic carbocycles. The van der Waals surface area contributed by atoms with E-state index in [9.17, 15) is 17.6 Å². The van der Waals surface area contributed by atoms with Crippen LogP contribution in [0.25, 0.3) is 11.1 Å². The van der Waals surface area contributed by atoms with Crippen molar-refractivity contribution >= 4 is 0 Å². The number of benzene rings is 2. The first-order valence-electron chi connectivity index (χ1n) is 10.7. The van der Waals surface area contributed by atoms with Crippen molar-refractivity contribution < 1.29 is 22.0 Å². The lowest BCUT2D eigenvalue weighted by molar-refractivity contribution is 0.201. The number of fused-ring (bicyclic) bond motifs is 3. The van der Waals surface area contributed by atoms with Gasteiger partial charge in [0.1, 0.15) is 11.6 Å². The zero-order valence-corrected chi connectivity index (χ0v) is 17.0. The molecule has 5 heteroatoms. The van der Waals surface area contributed by atoms with Gasteiger partial charge in [0.15, 0.2) is 17.5 Å². The molecule has 0 spiro atoms. The Balaban J connectivity index is 1.65. The van der Waals surface area contributed by atoms with E-state index in [0.717, 1.165) is 38.5 Å². The Labute approximate surface area is 173 Å². The zero-order valence-electron chi connectivity index (χ0n) is 17.0. The van der Waals surface area contributed by atoms with Crippen LogP contribution in [0.3, 0.4) is 0 Å². The molecule has 0 saturated heterocycles. The van der Waals surface area contributed by atoms with Crippen LogP contribution in [-0.2, 0) is 6.42 Å². The van der Waals surface area contributed by atoms with Gasteiger partial charge in [0.25, 0.3) is 0 Å². The standard InChI is InChI=1S/C25H25F5/c1-2-3-4-5-14-6-8-17-15(10-14)7-9-18-19(17)13-20(26)23(24(18)29)16-11-21(27)25(30)22(28)12-16/h2-3,11-15,17H,4-10H2,1H3/b3-2+/t14-,15-,17+/m1/s1. The van der Waals surface area contributed by atoms with Crippen molar-refractivity contribution in [1.82, 2.24) is 0 Å². The van der Waals surface area contributed by atoms with Gasteiger partial charge in [0.05, 0.1) is 5.56 Å². The van der Waals surface area contributed by atoms with E-state index in [0.29, 0.717) is 41.5 Å². The van der Waals surface area contributed by atoms with Gasteiger partial charge in [0, 0.05) is 0 Å². The summed E-state index contributed by atoms with van der Waals surface area (Å²) >= 11 is 0. The van der Waals surface area contributed by atoms with Crippen LogP contribution in [0.2, 0.25) is 0 Å². The first kappa shape index (κ1) is 21.1. The minimum Gasteiger partial charge on any atom is -0.206 e. The molecule has 0 aliphatic heterocycles. The zero-order chi connectivity index (χ0) is 21.4. The van der Waals surface area contributed by atoms with Crippen molar-refractivity contribution in [1.29, 1.82) is 0 Å². The van der Waals surface area contributed by atoms with E-state index in [2.05, 4.69) is 12.2 Å². The third kappa shape index (κ3) is 3.79. The van der Waals surface area contributed by atoms with Crippen molar-refractivity contribution in [2.24, 2.45) is 11.8 Å². The van der Waals surface area contributed by atoms with Crippen LogP contribution in [-0.4, -0.2) is 0 Å². The first-order chi connectivity index (χ1) is 14.4. The molecule has 0 amide bonds. The molecule has 0 aromatic heterocycles. The summed E-state index contributed by atoms with van der Waals surface area (Å²) < 4.78 is 70.8. The fraction of sp³-hybridized carbons (Fsp3) is 0.440. The van der Waals surface area contributed by atoms with Gasteiger partial charge in [-0.25, -0.2) is 22.0 Å². The van der Waals surface area contributed by atoms with Crippen molar-refractivity contribution in [3.8, 4) is 11.1 Å². The number of rotatable bonds is 4. The summed E-state index contributed by atoms with van der Waals surface area (Å²) in [6.45, 7) is 2.01. The summed E-state index contributed by atoms with van der Waals surface area (Å²) in [5, 5.41) is 0. The van der Waals surface area contributed by atoms with Gasteiger partial charge in [-0.15, -0.1) is 0 Å². The molecule has 2 aliphatic rings. The third-order valence-corrected chi connectivity index (χ3v) is 6.86. The maximum Gasteiger partial charge on any atom is 0.194 e. The molecule has 160 valence electrons. The van der Waals surface area contributed by atoms with Gasteiger partial charge < -0.3 is 0 Å². The van der Waals surface area contributed by atoms with E-state index in [4.69, 9.17) is 0 Å². The van der Waals surface area contributed by atoms with Crippen LogP contribution in [0.15, 0.2) is 30.4 Å². The minimum atomic E-state index is -1.65. The molecule has 2 aromatic rings. The van der Waals surface area contributed by atoms with Crippen molar-refractivity contribution in [2.45, 2.75) is 57.8 Å². The second-order valence-corrected chi connectivity index (χ2v) is 8.60. The monoisotopic (exact) mass is 420 g/mol. The normalized spacial score (nSPS) is 23.5. The maximum atomic E-state index is 15.3. The topological polar surface area (TPSA) is 0 Å². The highest BCUT2D eigenvalue weighted by molar-refractivity contribution is 5.67. The van der Waals surface area contributed by atoms with Gasteiger partial charge in [-0.05, 0) is 105 Å². The van der Waals surface area contributed by atoms with Crippen molar-refractivity contribution in [3.05, 3.63) is 70.6 Å². The summed E-state index contributed by atoms with van der Waals surface area (Å²) in [7, 11) is 0. The highest BCUT2D eigenvalue weighted by atomic mass is 19.2. The predicted molar refractivity (Wildman–Crippen MR) is 108 cm³/mol. The SMILES string of the molecule is C/C=C/CC[C@@H]1CC[C@@H]2c3cc(F)c(-c4cc(F)c(F)c(F)c4)c(F)c3CC[C@@H]2C1. The molecule has 0 unspecified atom stereocenters. The fourth-order valence-electron chi connectivity index (χ4n) is 5.41. The molecule has 3 atom stereocenters. The summed E-state index contributed by atoms with van der Waals surface area (Å²) in [6, 6.07) is 2.63. The van der Waals surface area contributed by atoms with Crippen LogP contribution >= 0.6 is 0 Å². The summed E-state index contributed by atoms with van der Waals surface area (Å²) in [5.41, 5.74) is 0.328. The van der Waals surface area contributed by atoms with E-state index in [1.165, 1.54) is 6.07 Å². The van der Waals surface area contributed by atoms with Crippen LogP contribution in [0.4, 0.5) is 22.0 Å². The Bertz CT molecular complexity index is 955. The Morgan fingerprint density at radius 1 is 0.900 bits per heavy atom. The lowest BCUT2D eigenvalue weighted by Gasteiger charge is -2.41.